The molecular weight excluding hydrogens is 558 g/mol. The minimum atomic E-state index is -1.15. The third-order valence-electron chi connectivity index (χ3n) is 8.71. The standard InChI is InChI=1S/C40H75NO4/c1-3-5-7-9-11-13-14-15-16-17-18-19-20-21-22-23-24-25-26-27-29-30-32-34-38(43)37(36-42)41-40(45)39(44)35-33-31-28-12-10-8-6-4-2/h26-28,31-32,34,37-39,42-44H,3-25,29-30,33,35-36H2,1-2H3,(H,41,45)/b27-26+,31-28-,34-32+. The van der Waals surface area contributed by atoms with Gasteiger partial charge in [0.2, 0.25) is 5.91 Å². The van der Waals surface area contributed by atoms with Crippen LogP contribution in [0.5, 0.6) is 0 Å². The summed E-state index contributed by atoms with van der Waals surface area (Å²) in [6, 6.07) is -0.826. The van der Waals surface area contributed by atoms with Crippen molar-refractivity contribution in [2.24, 2.45) is 0 Å². The second-order valence-electron chi connectivity index (χ2n) is 13.1. The number of carbonyl (C=O) groups is 1. The number of aliphatic hydroxyl groups is 3. The minimum absolute atomic E-state index is 0.327. The van der Waals surface area contributed by atoms with Crippen molar-refractivity contribution in [3.8, 4) is 0 Å². The SMILES string of the molecule is CCCCCC/C=C\CCC(O)C(=O)NC(CO)C(O)/C=C/CC/C=C/CCCCCCCCCCCCCCCCCCC. The summed E-state index contributed by atoms with van der Waals surface area (Å²) in [6.07, 6.45) is 43.4. The van der Waals surface area contributed by atoms with Gasteiger partial charge in [-0.05, 0) is 51.4 Å². The molecule has 4 N–H and O–H groups in total. The summed E-state index contributed by atoms with van der Waals surface area (Å²) in [5, 5.41) is 32.7. The summed E-state index contributed by atoms with van der Waals surface area (Å²) in [4.78, 5) is 12.3. The Morgan fingerprint density at radius 3 is 1.38 bits per heavy atom. The summed E-state index contributed by atoms with van der Waals surface area (Å²) < 4.78 is 0. The van der Waals surface area contributed by atoms with E-state index in [-0.39, 0.29) is 6.61 Å². The Labute approximate surface area is 279 Å². The van der Waals surface area contributed by atoms with Gasteiger partial charge in [-0.25, -0.2) is 0 Å². The molecule has 3 atom stereocenters. The van der Waals surface area contributed by atoms with Crippen molar-refractivity contribution in [3.63, 3.8) is 0 Å². The number of hydrogen-bond donors (Lipinski definition) is 4. The normalized spacial score (nSPS) is 14.2. The van der Waals surface area contributed by atoms with Gasteiger partial charge in [-0.3, -0.25) is 4.79 Å². The molecule has 0 saturated heterocycles. The van der Waals surface area contributed by atoms with Gasteiger partial charge in [0.25, 0.3) is 0 Å². The Bertz CT molecular complexity index is 704. The number of allylic oxidation sites excluding steroid dienone is 5. The molecule has 0 spiro atoms. The number of rotatable bonds is 34. The molecule has 0 aliphatic heterocycles. The van der Waals surface area contributed by atoms with Crippen LogP contribution in [0.2, 0.25) is 0 Å². The minimum Gasteiger partial charge on any atom is -0.394 e. The van der Waals surface area contributed by atoms with Crippen molar-refractivity contribution in [3.05, 3.63) is 36.5 Å². The lowest BCUT2D eigenvalue weighted by atomic mass is 10.0. The average Bonchev–Trinajstić information content (AvgIpc) is 3.04. The van der Waals surface area contributed by atoms with E-state index in [2.05, 4.69) is 37.4 Å². The topological polar surface area (TPSA) is 89.8 Å². The molecule has 3 unspecified atom stereocenters. The van der Waals surface area contributed by atoms with E-state index in [1.54, 1.807) is 6.08 Å². The van der Waals surface area contributed by atoms with Crippen molar-refractivity contribution >= 4 is 5.91 Å². The summed E-state index contributed by atoms with van der Waals surface area (Å²) in [7, 11) is 0. The van der Waals surface area contributed by atoms with E-state index in [0.717, 1.165) is 25.7 Å². The number of hydrogen-bond acceptors (Lipinski definition) is 4. The first-order chi connectivity index (χ1) is 22.1. The lowest BCUT2D eigenvalue weighted by molar-refractivity contribution is -0.131. The molecule has 0 heterocycles. The van der Waals surface area contributed by atoms with E-state index in [0.29, 0.717) is 12.8 Å². The van der Waals surface area contributed by atoms with Crippen LogP contribution in [-0.4, -0.2) is 46.1 Å². The highest BCUT2D eigenvalue weighted by atomic mass is 16.3. The third kappa shape index (κ3) is 31.0. The van der Waals surface area contributed by atoms with Crippen LogP contribution in [0.1, 0.15) is 187 Å². The maximum absolute atomic E-state index is 12.3. The van der Waals surface area contributed by atoms with Crippen molar-refractivity contribution in [2.45, 2.75) is 205 Å². The van der Waals surface area contributed by atoms with Crippen LogP contribution in [0.4, 0.5) is 0 Å². The van der Waals surface area contributed by atoms with Crippen LogP contribution >= 0.6 is 0 Å². The van der Waals surface area contributed by atoms with Crippen molar-refractivity contribution in [1.82, 2.24) is 5.32 Å². The van der Waals surface area contributed by atoms with Crippen LogP contribution in [0, 0.1) is 0 Å². The first-order valence-corrected chi connectivity index (χ1v) is 19.3. The van der Waals surface area contributed by atoms with Crippen molar-refractivity contribution < 1.29 is 20.1 Å². The molecule has 45 heavy (non-hydrogen) atoms. The van der Waals surface area contributed by atoms with E-state index in [4.69, 9.17) is 0 Å². The zero-order valence-corrected chi connectivity index (χ0v) is 29.7. The Morgan fingerprint density at radius 2 is 0.911 bits per heavy atom. The molecule has 0 aliphatic rings. The highest BCUT2D eigenvalue weighted by Gasteiger charge is 2.22. The molecule has 1 amide bonds. The van der Waals surface area contributed by atoms with E-state index in [1.807, 2.05) is 12.2 Å². The van der Waals surface area contributed by atoms with Crippen molar-refractivity contribution in [2.75, 3.05) is 6.61 Å². The number of unbranched alkanes of at least 4 members (excludes halogenated alkanes) is 22. The van der Waals surface area contributed by atoms with Crippen LogP contribution in [0.3, 0.4) is 0 Å². The fraction of sp³-hybridized carbons (Fsp3) is 0.825. The molecule has 0 aliphatic carbocycles. The second kappa shape index (κ2) is 35.4. The van der Waals surface area contributed by atoms with E-state index in [1.165, 1.54) is 135 Å². The predicted molar refractivity (Wildman–Crippen MR) is 194 cm³/mol. The van der Waals surface area contributed by atoms with Gasteiger partial charge in [-0.2, -0.15) is 0 Å². The number of amides is 1. The molecule has 0 aromatic carbocycles. The van der Waals surface area contributed by atoms with Gasteiger partial charge in [0, 0.05) is 0 Å². The lowest BCUT2D eigenvalue weighted by Crippen LogP contribution is -2.48. The fourth-order valence-electron chi connectivity index (χ4n) is 5.61. The molecule has 0 fully saturated rings. The Morgan fingerprint density at radius 1 is 0.533 bits per heavy atom. The molecule has 0 aromatic heterocycles. The zero-order chi connectivity index (χ0) is 33.1. The van der Waals surface area contributed by atoms with E-state index in [9.17, 15) is 20.1 Å². The summed E-state index contributed by atoms with van der Waals surface area (Å²) in [6.45, 7) is 4.09. The summed E-state index contributed by atoms with van der Waals surface area (Å²) in [5.41, 5.74) is 0. The smallest absolute Gasteiger partial charge is 0.249 e. The van der Waals surface area contributed by atoms with Gasteiger partial charge in [0.15, 0.2) is 0 Å². The predicted octanol–water partition coefficient (Wildman–Crippen LogP) is 10.4. The number of nitrogens with one attached hydrogen (secondary N) is 1. The molecule has 5 nitrogen and oxygen atoms in total. The zero-order valence-electron chi connectivity index (χ0n) is 29.7. The lowest BCUT2D eigenvalue weighted by Gasteiger charge is -2.21. The highest BCUT2D eigenvalue weighted by Crippen LogP contribution is 2.14. The third-order valence-corrected chi connectivity index (χ3v) is 8.71. The van der Waals surface area contributed by atoms with Crippen LogP contribution in [-0.2, 0) is 4.79 Å². The maximum atomic E-state index is 12.3. The first kappa shape index (κ1) is 43.6. The number of aliphatic hydroxyl groups excluding tert-OH is 3. The van der Waals surface area contributed by atoms with Gasteiger partial charge < -0.3 is 20.6 Å². The largest absolute Gasteiger partial charge is 0.394 e. The highest BCUT2D eigenvalue weighted by molar-refractivity contribution is 5.80. The Hall–Kier alpha value is -1.43. The molecule has 0 radical (unpaired) electrons. The van der Waals surface area contributed by atoms with Gasteiger partial charge in [-0.1, -0.05) is 172 Å². The van der Waals surface area contributed by atoms with Gasteiger partial charge >= 0.3 is 0 Å². The monoisotopic (exact) mass is 634 g/mol. The molecule has 5 heteroatoms. The van der Waals surface area contributed by atoms with Gasteiger partial charge in [0.1, 0.15) is 6.10 Å². The van der Waals surface area contributed by atoms with Gasteiger partial charge in [0.05, 0.1) is 18.8 Å². The van der Waals surface area contributed by atoms with Crippen LogP contribution in [0.25, 0.3) is 0 Å². The van der Waals surface area contributed by atoms with Crippen molar-refractivity contribution in [1.29, 1.82) is 0 Å². The van der Waals surface area contributed by atoms with E-state index < -0.39 is 24.2 Å². The molecule has 0 rings (SSSR count). The molecule has 0 aromatic rings. The van der Waals surface area contributed by atoms with Gasteiger partial charge in [-0.15, -0.1) is 0 Å². The second-order valence-corrected chi connectivity index (χ2v) is 13.1. The maximum Gasteiger partial charge on any atom is 0.249 e. The Balaban J connectivity index is 3.70. The quantitative estimate of drug-likeness (QED) is 0.0419. The van der Waals surface area contributed by atoms with Crippen LogP contribution in [0.15, 0.2) is 36.5 Å². The average molecular weight is 634 g/mol. The fourth-order valence-corrected chi connectivity index (χ4v) is 5.61. The molecule has 264 valence electrons. The molecule has 0 saturated carbocycles. The molecular formula is C40H75NO4. The van der Waals surface area contributed by atoms with Crippen LogP contribution < -0.4 is 5.32 Å². The molecule has 0 bridgehead atoms. The van der Waals surface area contributed by atoms with E-state index >= 15 is 0 Å². The summed E-state index contributed by atoms with van der Waals surface area (Å²) >= 11 is 0. The Kier molecular flexibility index (Phi) is 34.3. The summed E-state index contributed by atoms with van der Waals surface area (Å²) in [5.74, 6) is -0.551. The first-order valence-electron chi connectivity index (χ1n) is 19.3. The number of carbonyl (C=O) groups excluding carboxylic acids is 1.